The lowest BCUT2D eigenvalue weighted by molar-refractivity contribution is -0.137. The van der Waals surface area contributed by atoms with Crippen LogP contribution in [0.15, 0.2) is 29.2 Å². The summed E-state index contributed by atoms with van der Waals surface area (Å²) in [5.74, 6) is 0.329. The van der Waals surface area contributed by atoms with Crippen LogP contribution in [0.5, 0.6) is 0 Å². The SMILES string of the molecule is O=C(O)CCCNC1CSc2ccccc21. The molecule has 86 valence electrons. The topological polar surface area (TPSA) is 49.3 Å². The van der Waals surface area contributed by atoms with Gasteiger partial charge in [-0.15, -0.1) is 11.8 Å². The number of carbonyl (C=O) groups is 1. The quantitative estimate of drug-likeness (QED) is 0.771. The van der Waals surface area contributed by atoms with Gasteiger partial charge in [0.15, 0.2) is 0 Å². The Bertz CT molecular complexity index is 381. The van der Waals surface area contributed by atoms with Gasteiger partial charge in [-0.3, -0.25) is 4.79 Å². The number of hydrogen-bond acceptors (Lipinski definition) is 3. The molecular weight excluding hydrogens is 222 g/mol. The van der Waals surface area contributed by atoms with Crippen molar-refractivity contribution in [3.05, 3.63) is 29.8 Å². The van der Waals surface area contributed by atoms with Gasteiger partial charge in [0.05, 0.1) is 0 Å². The third kappa shape index (κ3) is 2.77. The van der Waals surface area contributed by atoms with E-state index in [0.717, 1.165) is 12.3 Å². The first-order valence-electron chi connectivity index (χ1n) is 5.44. The monoisotopic (exact) mass is 237 g/mol. The minimum atomic E-state index is -0.719. The van der Waals surface area contributed by atoms with Gasteiger partial charge < -0.3 is 10.4 Å². The predicted octanol–water partition coefficient (Wildman–Crippen LogP) is 2.29. The van der Waals surface area contributed by atoms with Crippen molar-refractivity contribution in [3.63, 3.8) is 0 Å². The summed E-state index contributed by atoms with van der Waals surface area (Å²) in [4.78, 5) is 11.7. The number of aliphatic carboxylic acids is 1. The van der Waals surface area contributed by atoms with Gasteiger partial charge in [0.1, 0.15) is 0 Å². The molecule has 0 radical (unpaired) electrons. The fourth-order valence-corrected chi connectivity index (χ4v) is 3.04. The molecule has 1 aromatic rings. The number of carboxylic acids is 1. The first-order valence-corrected chi connectivity index (χ1v) is 6.43. The molecule has 0 saturated carbocycles. The molecule has 2 N–H and O–H groups in total. The maximum absolute atomic E-state index is 10.4. The van der Waals surface area contributed by atoms with Gasteiger partial charge in [0, 0.05) is 23.1 Å². The van der Waals surface area contributed by atoms with Crippen LogP contribution in [-0.4, -0.2) is 23.4 Å². The fraction of sp³-hybridized carbons (Fsp3) is 0.417. The Hall–Kier alpha value is -1.00. The average Bonchev–Trinajstić information content (AvgIpc) is 2.68. The molecule has 1 aliphatic heterocycles. The van der Waals surface area contributed by atoms with E-state index >= 15 is 0 Å². The van der Waals surface area contributed by atoms with Crippen molar-refractivity contribution >= 4 is 17.7 Å². The number of carboxylic acid groups (broad SMARTS) is 1. The molecule has 0 bridgehead atoms. The predicted molar refractivity (Wildman–Crippen MR) is 64.8 cm³/mol. The van der Waals surface area contributed by atoms with Crippen molar-refractivity contribution in [1.29, 1.82) is 0 Å². The average molecular weight is 237 g/mol. The summed E-state index contributed by atoms with van der Waals surface area (Å²) in [6, 6.07) is 8.77. The first-order chi connectivity index (χ1) is 7.77. The van der Waals surface area contributed by atoms with E-state index in [2.05, 4.69) is 29.6 Å². The molecule has 3 nitrogen and oxygen atoms in total. The molecular formula is C12H15NO2S. The molecule has 1 aromatic carbocycles. The molecule has 0 saturated heterocycles. The molecule has 0 spiro atoms. The Morgan fingerprint density at radius 3 is 3.12 bits per heavy atom. The molecule has 1 atom stereocenters. The molecule has 1 heterocycles. The van der Waals surface area contributed by atoms with Crippen LogP contribution in [0.1, 0.15) is 24.4 Å². The van der Waals surface area contributed by atoms with Crippen molar-refractivity contribution in [2.75, 3.05) is 12.3 Å². The zero-order valence-corrected chi connectivity index (χ0v) is 9.80. The van der Waals surface area contributed by atoms with Crippen molar-refractivity contribution in [2.24, 2.45) is 0 Å². The fourth-order valence-electron chi connectivity index (χ4n) is 1.85. The molecule has 2 rings (SSSR count). The highest BCUT2D eigenvalue weighted by atomic mass is 32.2. The minimum absolute atomic E-state index is 0.245. The molecule has 16 heavy (non-hydrogen) atoms. The third-order valence-electron chi connectivity index (χ3n) is 2.66. The molecule has 0 aromatic heterocycles. The second-order valence-corrected chi connectivity index (χ2v) is 4.91. The third-order valence-corrected chi connectivity index (χ3v) is 3.84. The second-order valence-electron chi connectivity index (χ2n) is 3.85. The van der Waals surface area contributed by atoms with E-state index in [-0.39, 0.29) is 6.42 Å². The van der Waals surface area contributed by atoms with Crippen molar-refractivity contribution in [1.82, 2.24) is 5.32 Å². The first kappa shape index (κ1) is 11.5. The van der Waals surface area contributed by atoms with Crippen LogP contribution < -0.4 is 5.32 Å². The summed E-state index contributed by atoms with van der Waals surface area (Å²) < 4.78 is 0. The number of hydrogen-bond donors (Lipinski definition) is 2. The molecule has 1 unspecified atom stereocenters. The molecule has 0 amide bonds. The van der Waals surface area contributed by atoms with Gasteiger partial charge in [-0.25, -0.2) is 0 Å². The summed E-state index contributed by atoms with van der Waals surface area (Å²) in [7, 11) is 0. The summed E-state index contributed by atoms with van der Waals surface area (Å²) in [5.41, 5.74) is 1.35. The summed E-state index contributed by atoms with van der Waals surface area (Å²) in [6.45, 7) is 0.770. The molecule has 1 aliphatic rings. The van der Waals surface area contributed by atoms with Crippen LogP contribution in [0.2, 0.25) is 0 Å². The zero-order valence-electron chi connectivity index (χ0n) is 8.98. The Kier molecular flexibility index (Phi) is 3.85. The van der Waals surface area contributed by atoms with E-state index in [0.29, 0.717) is 12.5 Å². The van der Waals surface area contributed by atoms with Gasteiger partial charge >= 0.3 is 5.97 Å². The molecule has 0 aliphatic carbocycles. The Morgan fingerprint density at radius 2 is 2.31 bits per heavy atom. The number of rotatable bonds is 5. The van der Waals surface area contributed by atoms with Crippen LogP contribution in [0.25, 0.3) is 0 Å². The Labute approximate surface area is 99.2 Å². The maximum Gasteiger partial charge on any atom is 0.303 e. The van der Waals surface area contributed by atoms with Crippen LogP contribution in [-0.2, 0) is 4.79 Å². The van der Waals surface area contributed by atoms with Gasteiger partial charge in [0.2, 0.25) is 0 Å². The molecule has 4 heteroatoms. The lowest BCUT2D eigenvalue weighted by atomic mass is 10.1. The van der Waals surface area contributed by atoms with Crippen molar-refractivity contribution in [3.8, 4) is 0 Å². The van der Waals surface area contributed by atoms with Crippen LogP contribution >= 0.6 is 11.8 Å². The lowest BCUT2D eigenvalue weighted by Crippen LogP contribution is -2.22. The number of fused-ring (bicyclic) bond motifs is 1. The second kappa shape index (κ2) is 5.37. The van der Waals surface area contributed by atoms with Crippen molar-refractivity contribution < 1.29 is 9.90 Å². The van der Waals surface area contributed by atoms with E-state index in [1.807, 2.05) is 11.8 Å². The normalized spacial score (nSPS) is 18.4. The van der Waals surface area contributed by atoms with E-state index in [1.165, 1.54) is 10.5 Å². The Morgan fingerprint density at radius 1 is 1.50 bits per heavy atom. The lowest BCUT2D eigenvalue weighted by Gasteiger charge is -2.12. The van der Waals surface area contributed by atoms with Crippen LogP contribution in [0, 0.1) is 0 Å². The highest BCUT2D eigenvalue weighted by Crippen LogP contribution is 2.37. The van der Waals surface area contributed by atoms with Gasteiger partial charge in [0.25, 0.3) is 0 Å². The van der Waals surface area contributed by atoms with E-state index in [4.69, 9.17) is 5.11 Å². The van der Waals surface area contributed by atoms with E-state index in [1.54, 1.807) is 0 Å². The molecule has 0 fully saturated rings. The summed E-state index contributed by atoms with van der Waals surface area (Å²) >= 11 is 1.86. The highest BCUT2D eigenvalue weighted by molar-refractivity contribution is 7.99. The van der Waals surface area contributed by atoms with Crippen LogP contribution in [0.4, 0.5) is 0 Å². The number of benzene rings is 1. The summed E-state index contributed by atoms with van der Waals surface area (Å²) in [5, 5.41) is 11.9. The minimum Gasteiger partial charge on any atom is -0.481 e. The smallest absolute Gasteiger partial charge is 0.303 e. The summed E-state index contributed by atoms with van der Waals surface area (Å²) in [6.07, 6.45) is 0.938. The van der Waals surface area contributed by atoms with Gasteiger partial charge in [-0.2, -0.15) is 0 Å². The van der Waals surface area contributed by atoms with E-state index < -0.39 is 5.97 Å². The van der Waals surface area contributed by atoms with E-state index in [9.17, 15) is 4.79 Å². The van der Waals surface area contributed by atoms with Gasteiger partial charge in [-0.05, 0) is 24.6 Å². The van der Waals surface area contributed by atoms with Crippen molar-refractivity contribution in [2.45, 2.75) is 23.8 Å². The number of thioether (sulfide) groups is 1. The van der Waals surface area contributed by atoms with Crippen LogP contribution in [0.3, 0.4) is 0 Å². The zero-order chi connectivity index (χ0) is 11.4. The highest BCUT2D eigenvalue weighted by Gasteiger charge is 2.21. The number of nitrogens with one attached hydrogen (secondary N) is 1. The Balaban J connectivity index is 1.82. The standard InChI is InChI=1S/C12H15NO2S/c14-12(15)6-3-7-13-10-8-16-11-5-2-1-4-9(10)11/h1-2,4-5,10,13H,3,6-8H2,(H,14,15). The maximum atomic E-state index is 10.4. The van der Waals surface area contributed by atoms with Gasteiger partial charge in [-0.1, -0.05) is 18.2 Å². The largest absolute Gasteiger partial charge is 0.481 e.